The Kier molecular flexibility index (Phi) is 2.78. The zero-order chi connectivity index (χ0) is 10.8. The summed E-state index contributed by atoms with van der Waals surface area (Å²) >= 11 is 0. The highest BCUT2D eigenvalue weighted by molar-refractivity contribution is 5.44. The van der Waals surface area contributed by atoms with E-state index in [1.165, 1.54) is 6.07 Å². The van der Waals surface area contributed by atoms with E-state index in [0.29, 0.717) is 5.82 Å². The smallest absolute Gasteiger partial charge is 0.384 e. The number of nitrogens with two attached hydrogens (primary N) is 1. The molecule has 0 amide bonds. The number of nitrogen functional groups attached to an aromatic ring is 1. The van der Waals surface area contributed by atoms with Crippen LogP contribution in [0.1, 0.15) is 5.82 Å². The molecule has 0 saturated carbocycles. The SMILES string of the molecule is Cc1nc(N)cc(NCC(F)(F)F)n1. The molecule has 0 unspecified atom stereocenters. The lowest BCUT2D eigenvalue weighted by Crippen LogP contribution is -2.22. The van der Waals surface area contributed by atoms with Crippen molar-refractivity contribution < 1.29 is 13.2 Å². The van der Waals surface area contributed by atoms with Gasteiger partial charge in [0, 0.05) is 6.07 Å². The number of hydrogen-bond acceptors (Lipinski definition) is 4. The number of rotatable bonds is 2. The van der Waals surface area contributed by atoms with Gasteiger partial charge in [-0.1, -0.05) is 0 Å². The molecule has 0 spiro atoms. The van der Waals surface area contributed by atoms with Crippen LogP contribution in [0, 0.1) is 6.92 Å². The first-order valence-electron chi connectivity index (χ1n) is 3.78. The molecule has 0 radical (unpaired) electrons. The number of aryl methyl sites for hydroxylation is 1. The zero-order valence-electron chi connectivity index (χ0n) is 7.39. The maximum Gasteiger partial charge on any atom is 0.405 e. The summed E-state index contributed by atoms with van der Waals surface area (Å²) in [5.41, 5.74) is 5.33. The number of halogens is 3. The number of nitrogens with zero attached hydrogens (tertiary/aromatic N) is 2. The maximum absolute atomic E-state index is 11.8. The molecule has 0 fully saturated rings. The second-order valence-corrected chi connectivity index (χ2v) is 2.69. The molecule has 0 bridgehead atoms. The van der Waals surface area contributed by atoms with E-state index in [4.69, 9.17) is 5.73 Å². The fourth-order valence-corrected chi connectivity index (χ4v) is 0.872. The summed E-state index contributed by atoms with van der Waals surface area (Å²) in [5, 5.41) is 2.11. The molecule has 78 valence electrons. The molecule has 1 heterocycles. The molecule has 7 heteroatoms. The Morgan fingerprint density at radius 3 is 2.57 bits per heavy atom. The second kappa shape index (κ2) is 3.69. The first-order chi connectivity index (χ1) is 6.37. The molecule has 0 aliphatic heterocycles. The van der Waals surface area contributed by atoms with Crippen LogP contribution in [-0.4, -0.2) is 22.7 Å². The first-order valence-corrected chi connectivity index (χ1v) is 3.78. The minimum Gasteiger partial charge on any atom is -0.384 e. The lowest BCUT2D eigenvalue weighted by molar-refractivity contribution is -0.115. The van der Waals surface area contributed by atoms with Gasteiger partial charge in [0.1, 0.15) is 24.0 Å². The lowest BCUT2D eigenvalue weighted by Gasteiger charge is -2.09. The van der Waals surface area contributed by atoms with Crippen LogP contribution in [0.25, 0.3) is 0 Å². The van der Waals surface area contributed by atoms with Crippen LogP contribution in [0.15, 0.2) is 6.07 Å². The summed E-state index contributed by atoms with van der Waals surface area (Å²) in [4.78, 5) is 7.46. The van der Waals surface area contributed by atoms with Crippen LogP contribution < -0.4 is 11.1 Å². The maximum atomic E-state index is 11.8. The summed E-state index contributed by atoms with van der Waals surface area (Å²) in [7, 11) is 0. The Labute approximate surface area is 78.4 Å². The van der Waals surface area contributed by atoms with Gasteiger partial charge in [-0.15, -0.1) is 0 Å². The van der Waals surface area contributed by atoms with Gasteiger partial charge >= 0.3 is 6.18 Å². The Bertz CT molecular complexity index is 303. The van der Waals surface area contributed by atoms with Gasteiger partial charge in [0.05, 0.1) is 0 Å². The Hall–Kier alpha value is -1.53. The molecule has 0 aliphatic rings. The minimum absolute atomic E-state index is 0.0762. The van der Waals surface area contributed by atoms with Crippen molar-refractivity contribution >= 4 is 11.6 Å². The van der Waals surface area contributed by atoms with Gasteiger partial charge in [-0.05, 0) is 6.92 Å². The highest BCUT2D eigenvalue weighted by Gasteiger charge is 2.26. The normalized spacial score (nSPS) is 11.4. The summed E-state index contributed by atoms with van der Waals surface area (Å²) in [6.45, 7) is 0.415. The van der Waals surface area contributed by atoms with Crippen molar-refractivity contribution in [2.24, 2.45) is 0 Å². The van der Waals surface area contributed by atoms with E-state index < -0.39 is 12.7 Å². The number of nitrogens with one attached hydrogen (secondary N) is 1. The predicted octanol–water partition coefficient (Wildman–Crippen LogP) is 1.34. The molecule has 3 N–H and O–H groups in total. The van der Waals surface area contributed by atoms with Gasteiger partial charge in [-0.2, -0.15) is 13.2 Å². The number of alkyl halides is 3. The monoisotopic (exact) mass is 206 g/mol. The van der Waals surface area contributed by atoms with Crippen LogP contribution in [0.5, 0.6) is 0 Å². The molecule has 0 saturated heterocycles. The average molecular weight is 206 g/mol. The fourth-order valence-electron chi connectivity index (χ4n) is 0.872. The Morgan fingerprint density at radius 2 is 2.07 bits per heavy atom. The third-order valence-electron chi connectivity index (χ3n) is 1.33. The van der Waals surface area contributed by atoms with Crippen LogP contribution in [0.2, 0.25) is 0 Å². The van der Waals surface area contributed by atoms with E-state index in [2.05, 4.69) is 15.3 Å². The fraction of sp³-hybridized carbons (Fsp3) is 0.429. The zero-order valence-corrected chi connectivity index (χ0v) is 7.39. The van der Waals surface area contributed by atoms with Gasteiger partial charge in [0.25, 0.3) is 0 Å². The van der Waals surface area contributed by atoms with Crippen molar-refractivity contribution in [1.82, 2.24) is 9.97 Å². The van der Waals surface area contributed by atoms with Crippen molar-refractivity contribution in [1.29, 1.82) is 0 Å². The van der Waals surface area contributed by atoms with Gasteiger partial charge in [-0.3, -0.25) is 0 Å². The third-order valence-corrected chi connectivity index (χ3v) is 1.33. The summed E-state index contributed by atoms with van der Waals surface area (Å²) in [6, 6.07) is 1.25. The molecular weight excluding hydrogens is 197 g/mol. The third kappa shape index (κ3) is 3.46. The number of aromatic nitrogens is 2. The topological polar surface area (TPSA) is 63.8 Å². The predicted molar refractivity (Wildman–Crippen MR) is 45.7 cm³/mol. The van der Waals surface area contributed by atoms with E-state index in [-0.39, 0.29) is 11.6 Å². The van der Waals surface area contributed by atoms with Crippen molar-refractivity contribution in [2.75, 3.05) is 17.6 Å². The van der Waals surface area contributed by atoms with Crippen molar-refractivity contribution in [3.8, 4) is 0 Å². The highest BCUT2D eigenvalue weighted by atomic mass is 19.4. The van der Waals surface area contributed by atoms with Crippen molar-refractivity contribution in [2.45, 2.75) is 13.1 Å². The molecule has 4 nitrogen and oxygen atoms in total. The van der Waals surface area contributed by atoms with E-state index >= 15 is 0 Å². The van der Waals surface area contributed by atoms with E-state index in [1.807, 2.05) is 0 Å². The average Bonchev–Trinajstić information content (AvgIpc) is 1.97. The first kappa shape index (κ1) is 10.6. The van der Waals surface area contributed by atoms with E-state index in [0.717, 1.165) is 0 Å². The van der Waals surface area contributed by atoms with E-state index in [9.17, 15) is 13.2 Å². The molecule has 1 aromatic rings. The van der Waals surface area contributed by atoms with Crippen LogP contribution in [0.3, 0.4) is 0 Å². The van der Waals surface area contributed by atoms with Crippen LogP contribution in [0.4, 0.5) is 24.8 Å². The molecule has 1 aromatic heterocycles. The van der Waals surface area contributed by atoms with Crippen molar-refractivity contribution in [3.63, 3.8) is 0 Å². The molecule has 0 aromatic carbocycles. The Morgan fingerprint density at radius 1 is 1.43 bits per heavy atom. The summed E-state index contributed by atoms with van der Waals surface area (Å²) in [6.07, 6.45) is -4.27. The van der Waals surface area contributed by atoms with Crippen LogP contribution >= 0.6 is 0 Å². The van der Waals surface area contributed by atoms with Gasteiger partial charge in [-0.25, -0.2) is 9.97 Å². The molecule has 14 heavy (non-hydrogen) atoms. The quantitative estimate of drug-likeness (QED) is 0.766. The minimum atomic E-state index is -4.27. The lowest BCUT2D eigenvalue weighted by atomic mass is 10.5. The number of hydrogen-bond donors (Lipinski definition) is 2. The molecular formula is C7H9F3N4. The largest absolute Gasteiger partial charge is 0.405 e. The second-order valence-electron chi connectivity index (χ2n) is 2.69. The van der Waals surface area contributed by atoms with E-state index in [1.54, 1.807) is 6.92 Å². The standard InChI is InChI=1S/C7H9F3N4/c1-4-13-5(11)2-6(14-4)12-3-7(8,9)10/h2H,3H2,1H3,(H3,11,12,13,14). The highest BCUT2D eigenvalue weighted by Crippen LogP contribution is 2.16. The molecule has 1 rings (SSSR count). The summed E-state index contributed by atoms with van der Waals surface area (Å²) in [5.74, 6) is 0.546. The van der Waals surface area contributed by atoms with Gasteiger partial charge in [0.15, 0.2) is 0 Å². The summed E-state index contributed by atoms with van der Waals surface area (Å²) < 4.78 is 35.4. The van der Waals surface area contributed by atoms with Gasteiger partial charge in [0.2, 0.25) is 0 Å². The Balaban J connectivity index is 2.68. The van der Waals surface area contributed by atoms with Crippen LogP contribution in [-0.2, 0) is 0 Å². The molecule has 0 atom stereocenters. The van der Waals surface area contributed by atoms with Crippen molar-refractivity contribution in [3.05, 3.63) is 11.9 Å². The number of anilines is 2. The van der Waals surface area contributed by atoms with Gasteiger partial charge < -0.3 is 11.1 Å². The molecule has 0 aliphatic carbocycles.